The molecule has 1 saturated carbocycles. The van der Waals surface area contributed by atoms with Crippen molar-refractivity contribution in [2.45, 2.75) is 25.4 Å². The zero-order valence-corrected chi connectivity index (χ0v) is 13.1. The molecule has 1 fully saturated rings. The first-order chi connectivity index (χ1) is 11.7. The molecule has 2 aromatic rings. The Hall–Kier alpha value is -2.87. The Morgan fingerprint density at radius 3 is 2.58 bits per heavy atom. The van der Waals surface area contributed by atoms with E-state index in [1.807, 2.05) is 6.07 Å². The second-order valence-electron chi connectivity index (χ2n) is 5.78. The maximum Gasteiger partial charge on any atom is 0.261 e. The number of carbonyl (C=O) groups is 1. The van der Waals surface area contributed by atoms with Crippen molar-refractivity contribution in [2.75, 3.05) is 6.61 Å². The summed E-state index contributed by atoms with van der Waals surface area (Å²) in [6, 6.07) is 15.3. The van der Waals surface area contributed by atoms with E-state index >= 15 is 0 Å². The summed E-state index contributed by atoms with van der Waals surface area (Å²) in [7, 11) is 0. The van der Waals surface area contributed by atoms with Gasteiger partial charge in [0.2, 0.25) is 0 Å². The number of nitriles is 1. The van der Waals surface area contributed by atoms with Crippen LogP contribution in [0.15, 0.2) is 48.5 Å². The molecule has 1 aliphatic carbocycles. The monoisotopic (exact) mass is 324 g/mol. The van der Waals surface area contributed by atoms with Gasteiger partial charge >= 0.3 is 0 Å². The van der Waals surface area contributed by atoms with Crippen LogP contribution in [0.3, 0.4) is 0 Å². The van der Waals surface area contributed by atoms with Crippen molar-refractivity contribution < 1.29 is 13.9 Å². The molecule has 5 heteroatoms. The van der Waals surface area contributed by atoms with Gasteiger partial charge in [-0.1, -0.05) is 24.3 Å². The van der Waals surface area contributed by atoms with Gasteiger partial charge < -0.3 is 9.64 Å². The van der Waals surface area contributed by atoms with E-state index in [1.54, 1.807) is 41.3 Å². The summed E-state index contributed by atoms with van der Waals surface area (Å²) >= 11 is 0. The molecule has 122 valence electrons. The van der Waals surface area contributed by atoms with Crippen molar-refractivity contribution in [2.24, 2.45) is 0 Å². The molecule has 1 aliphatic rings. The van der Waals surface area contributed by atoms with E-state index < -0.39 is 0 Å². The van der Waals surface area contributed by atoms with E-state index in [9.17, 15) is 9.18 Å². The summed E-state index contributed by atoms with van der Waals surface area (Å²) in [6.45, 7) is 0.323. The molecule has 2 aromatic carbocycles. The fourth-order valence-corrected chi connectivity index (χ4v) is 2.50. The Kier molecular flexibility index (Phi) is 4.76. The van der Waals surface area contributed by atoms with E-state index in [0.29, 0.717) is 17.9 Å². The van der Waals surface area contributed by atoms with Crippen LogP contribution >= 0.6 is 0 Å². The molecule has 0 unspecified atom stereocenters. The highest BCUT2D eigenvalue weighted by Gasteiger charge is 2.32. The molecular weight excluding hydrogens is 307 g/mol. The zero-order valence-electron chi connectivity index (χ0n) is 13.1. The molecule has 0 bridgehead atoms. The zero-order chi connectivity index (χ0) is 16.9. The van der Waals surface area contributed by atoms with Crippen LogP contribution in [0.4, 0.5) is 4.39 Å². The highest BCUT2D eigenvalue weighted by molar-refractivity contribution is 5.78. The third-order valence-corrected chi connectivity index (χ3v) is 3.93. The molecule has 0 radical (unpaired) electrons. The van der Waals surface area contributed by atoms with Crippen molar-refractivity contribution in [3.63, 3.8) is 0 Å². The standard InChI is InChI=1S/C19H17FN2O2/c20-16-7-5-14(6-8-16)12-22(17-9-10-17)19(23)13-24-18-4-2-1-3-15(18)11-21/h1-8,17H,9-10,12-13H2. The lowest BCUT2D eigenvalue weighted by molar-refractivity contribution is -0.134. The van der Waals surface area contributed by atoms with Crippen LogP contribution in [0.25, 0.3) is 0 Å². The molecule has 24 heavy (non-hydrogen) atoms. The minimum atomic E-state index is -0.292. The quantitative estimate of drug-likeness (QED) is 0.819. The van der Waals surface area contributed by atoms with Crippen LogP contribution in [-0.2, 0) is 11.3 Å². The molecular formula is C19H17FN2O2. The van der Waals surface area contributed by atoms with Gasteiger partial charge in [-0.05, 0) is 42.7 Å². The summed E-state index contributed by atoms with van der Waals surface area (Å²) in [5.74, 6) is -0.0139. The molecule has 0 aliphatic heterocycles. The van der Waals surface area contributed by atoms with Gasteiger partial charge in [0.1, 0.15) is 17.6 Å². The van der Waals surface area contributed by atoms with Crippen LogP contribution < -0.4 is 4.74 Å². The minimum Gasteiger partial charge on any atom is -0.482 e. The lowest BCUT2D eigenvalue weighted by atomic mass is 10.2. The maximum atomic E-state index is 13.0. The summed E-state index contributed by atoms with van der Waals surface area (Å²) in [4.78, 5) is 14.3. The van der Waals surface area contributed by atoms with Gasteiger partial charge in [-0.15, -0.1) is 0 Å². The second-order valence-corrected chi connectivity index (χ2v) is 5.78. The first-order valence-electron chi connectivity index (χ1n) is 7.83. The SMILES string of the molecule is N#Cc1ccccc1OCC(=O)N(Cc1ccc(F)cc1)C1CC1. The summed E-state index contributed by atoms with van der Waals surface area (Å²) in [5.41, 5.74) is 1.29. The van der Waals surface area contributed by atoms with E-state index in [0.717, 1.165) is 18.4 Å². The predicted octanol–water partition coefficient (Wildman–Crippen LogP) is 3.27. The fourth-order valence-electron chi connectivity index (χ4n) is 2.50. The fraction of sp³-hybridized carbons (Fsp3) is 0.263. The molecule has 0 saturated heterocycles. The topological polar surface area (TPSA) is 53.3 Å². The van der Waals surface area contributed by atoms with Crippen LogP contribution in [0, 0.1) is 17.1 Å². The number of amides is 1. The van der Waals surface area contributed by atoms with Crippen LogP contribution in [0.2, 0.25) is 0 Å². The molecule has 3 rings (SSSR count). The highest BCUT2D eigenvalue weighted by Crippen LogP contribution is 2.28. The molecule has 0 spiro atoms. The predicted molar refractivity (Wildman–Crippen MR) is 86.6 cm³/mol. The van der Waals surface area contributed by atoms with Gasteiger partial charge in [-0.2, -0.15) is 5.26 Å². The van der Waals surface area contributed by atoms with Gasteiger partial charge in [0.25, 0.3) is 5.91 Å². The number of hydrogen-bond acceptors (Lipinski definition) is 3. The Labute approximate surface area is 140 Å². The molecule has 0 aromatic heterocycles. The first kappa shape index (κ1) is 16.0. The van der Waals surface area contributed by atoms with Crippen LogP contribution in [0.5, 0.6) is 5.75 Å². The molecule has 4 nitrogen and oxygen atoms in total. The third-order valence-electron chi connectivity index (χ3n) is 3.93. The first-order valence-corrected chi connectivity index (χ1v) is 7.83. The molecule has 0 heterocycles. The molecule has 0 atom stereocenters. The minimum absolute atomic E-state index is 0.115. The van der Waals surface area contributed by atoms with Crippen molar-refractivity contribution in [1.29, 1.82) is 5.26 Å². The van der Waals surface area contributed by atoms with Crippen LogP contribution in [0.1, 0.15) is 24.0 Å². The van der Waals surface area contributed by atoms with Crippen molar-refractivity contribution in [1.82, 2.24) is 4.90 Å². The Morgan fingerprint density at radius 2 is 1.92 bits per heavy atom. The largest absolute Gasteiger partial charge is 0.482 e. The average molecular weight is 324 g/mol. The Morgan fingerprint density at radius 1 is 1.21 bits per heavy atom. The van der Waals surface area contributed by atoms with Gasteiger partial charge in [0.15, 0.2) is 6.61 Å². The number of rotatable bonds is 6. The van der Waals surface area contributed by atoms with E-state index in [-0.39, 0.29) is 24.4 Å². The van der Waals surface area contributed by atoms with E-state index in [1.165, 1.54) is 12.1 Å². The second kappa shape index (κ2) is 7.14. The van der Waals surface area contributed by atoms with Crippen molar-refractivity contribution in [3.8, 4) is 11.8 Å². The Bertz CT molecular complexity index is 764. The van der Waals surface area contributed by atoms with Gasteiger partial charge in [-0.25, -0.2) is 4.39 Å². The average Bonchev–Trinajstić information content (AvgIpc) is 3.44. The normalized spacial score (nSPS) is 13.2. The van der Waals surface area contributed by atoms with E-state index in [2.05, 4.69) is 0 Å². The van der Waals surface area contributed by atoms with Gasteiger partial charge in [-0.3, -0.25) is 4.79 Å². The summed E-state index contributed by atoms with van der Waals surface area (Å²) in [6.07, 6.45) is 1.95. The number of para-hydroxylation sites is 1. The smallest absolute Gasteiger partial charge is 0.261 e. The lowest BCUT2D eigenvalue weighted by Gasteiger charge is -2.22. The number of benzene rings is 2. The van der Waals surface area contributed by atoms with Crippen molar-refractivity contribution in [3.05, 3.63) is 65.5 Å². The highest BCUT2D eigenvalue weighted by atomic mass is 19.1. The van der Waals surface area contributed by atoms with Gasteiger partial charge in [0.05, 0.1) is 5.56 Å². The molecule has 1 amide bonds. The lowest BCUT2D eigenvalue weighted by Crippen LogP contribution is -2.36. The third kappa shape index (κ3) is 3.90. The number of halogens is 1. The summed E-state index contributed by atoms with van der Waals surface area (Å²) in [5, 5.41) is 9.05. The maximum absolute atomic E-state index is 13.0. The Balaban J connectivity index is 1.64. The number of ether oxygens (including phenoxy) is 1. The molecule has 0 N–H and O–H groups in total. The number of carbonyl (C=O) groups excluding carboxylic acids is 1. The van der Waals surface area contributed by atoms with Crippen molar-refractivity contribution >= 4 is 5.91 Å². The van der Waals surface area contributed by atoms with Gasteiger partial charge in [0, 0.05) is 12.6 Å². The summed E-state index contributed by atoms with van der Waals surface area (Å²) < 4.78 is 18.5. The number of nitrogens with zero attached hydrogens (tertiary/aromatic N) is 2. The number of hydrogen-bond donors (Lipinski definition) is 0. The van der Waals surface area contributed by atoms with E-state index in [4.69, 9.17) is 10.00 Å². The van der Waals surface area contributed by atoms with Crippen LogP contribution in [-0.4, -0.2) is 23.5 Å².